The van der Waals surface area contributed by atoms with Crippen LogP contribution in [0, 0.1) is 5.92 Å². The van der Waals surface area contributed by atoms with Gasteiger partial charge >= 0.3 is 0 Å². The number of nitrogens with one attached hydrogen (secondary N) is 1. The molecule has 22 heavy (non-hydrogen) atoms. The molecule has 2 fully saturated rings. The van der Waals surface area contributed by atoms with Gasteiger partial charge in [0.05, 0.1) is 19.8 Å². The largest absolute Gasteiger partial charge is 0.376 e. The lowest BCUT2D eigenvalue weighted by atomic mass is 10.1. The van der Waals surface area contributed by atoms with Crippen LogP contribution in [0.3, 0.4) is 0 Å². The van der Waals surface area contributed by atoms with Crippen molar-refractivity contribution in [2.24, 2.45) is 5.92 Å². The van der Waals surface area contributed by atoms with Gasteiger partial charge in [-0.25, -0.2) is 0 Å². The molecule has 2 aliphatic rings. The summed E-state index contributed by atoms with van der Waals surface area (Å²) >= 11 is 0. The monoisotopic (exact) mass is 304 g/mol. The molecule has 120 valence electrons. The second-order valence-electron chi connectivity index (χ2n) is 6.00. The molecule has 0 radical (unpaired) electrons. The highest BCUT2D eigenvalue weighted by molar-refractivity contribution is 5.81. The zero-order valence-corrected chi connectivity index (χ0v) is 12.9. The number of morpholine rings is 1. The second kappa shape index (κ2) is 7.72. The standard InChI is InChI=1S/C17H24N2O3/c20-17(16-10-18-7-9-22-16)19-8-6-15(11-19)13-21-12-14-4-2-1-3-5-14/h1-5,15-16,18H,6-13H2. The first-order valence-electron chi connectivity index (χ1n) is 8.05. The number of hydrogen-bond donors (Lipinski definition) is 1. The van der Waals surface area contributed by atoms with Crippen molar-refractivity contribution in [3.05, 3.63) is 35.9 Å². The van der Waals surface area contributed by atoms with Gasteiger partial charge in [-0.1, -0.05) is 30.3 Å². The van der Waals surface area contributed by atoms with E-state index in [1.54, 1.807) is 0 Å². The molecule has 0 aliphatic carbocycles. The van der Waals surface area contributed by atoms with E-state index in [1.165, 1.54) is 5.56 Å². The molecule has 2 unspecified atom stereocenters. The Morgan fingerprint density at radius 1 is 1.36 bits per heavy atom. The molecular weight excluding hydrogens is 280 g/mol. The number of rotatable bonds is 5. The molecule has 0 saturated carbocycles. The number of carbonyl (C=O) groups excluding carboxylic acids is 1. The van der Waals surface area contributed by atoms with Crippen LogP contribution in [0.25, 0.3) is 0 Å². The molecule has 0 aromatic heterocycles. The highest BCUT2D eigenvalue weighted by Crippen LogP contribution is 2.19. The fourth-order valence-electron chi connectivity index (χ4n) is 3.01. The Kier molecular flexibility index (Phi) is 5.43. The number of hydrogen-bond acceptors (Lipinski definition) is 4. The predicted octanol–water partition coefficient (Wildman–Crippen LogP) is 1.04. The maximum Gasteiger partial charge on any atom is 0.253 e. The molecule has 2 saturated heterocycles. The number of benzene rings is 1. The minimum absolute atomic E-state index is 0.123. The average Bonchev–Trinajstić information content (AvgIpc) is 3.05. The average molecular weight is 304 g/mol. The lowest BCUT2D eigenvalue weighted by Crippen LogP contribution is -2.48. The van der Waals surface area contributed by atoms with Crippen LogP contribution >= 0.6 is 0 Å². The van der Waals surface area contributed by atoms with Gasteiger partial charge in [0.15, 0.2) is 0 Å². The normalized spacial score (nSPS) is 25.4. The summed E-state index contributed by atoms with van der Waals surface area (Å²) in [5.74, 6) is 0.557. The number of nitrogens with zero attached hydrogens (tertiary/aromatic N) is 1. The number of likely N-dealkylation sites (tertiary alicyclic amines) is 1. The van der Waals surface area contributed by atoms with E-state index in [9.17, 15) is 4.79 Å². The molecule has 2 aliphatic heterocycles. The van der Waals surface area contributed by atoms with E-state index < -0.39 is 0 Å². The molecule has 5 heteroatoms. The third kappa shape index (κ3) is 4.06. The Morgan fingerprint density at radius 2 is 2.23 bits per heavy atom. The highest BCUT2D eigenvalue weighted by Gasteiger charge is 2.32. The summed E-state index contributed by atoms with van der Waals surface area (Å²) in [6.45, 7) is 5.03. The van der Waals surface area contributed by atoms with Crippen molar-refractivity contribution in [3.8, 4) is 0 Å². The first-order chi connectivity index (χ1) is 10.8. The molecule has 2 heterocycles. The summed E-state index contributed by atoms with van der Waals surface area (Å²) in [5.41, 5.74) is 1.19. The van der Waals surface area contributed by atoms with Crippen LogP contribution in [0.4, 0.5) is 0 Å². The minimum atomic E-state index is -0.308. The van der Waals surface area contributed by atoms with Crippen molar-refractivity contribution >= 4 is 5.91 Å². The van der Waals surface area contributed by atoms with Crippen molar-refractivity contribution in [3.63, 3.8) is 0 Å². The van der Waals surface area contributed by atoms with Crippen LogP contribution < -0.4 is 5.32 Å². The van der Waals surface area contributed by atoms with Crippen LogP contribution in [-0.4, -0.2) is 56.3 Å². The molecule has 1 N–H and O–H groups in total. The summed E-state index contributed by atoms with van der Waals surface area (Å²) in [6.07, 6.45) is 0.707. The van der Waals surface area contributed by atoms with Gasteiger partial charge in [0.1, 0.15) is 6.10 Å². The molecule has 1 aromatic carbocycles. The first kappa shape index (κ1) is 15.5. The third-order valence-electron chi connectivity index (χ3n) is 4.27. The molecule has 0 spiro atoms. The first-order valence-corrected chi connectivity index (χ1v) is 8.05. The Labute approximate surface area is 131 Å². The van der Waals surface area contributed by atoms with Crippen molar-refractivity contribution < 1.29 is 14.3 Å². The lowest BCUT2D eigenvalue weighted by molar-refractivity contribution is -0.144. The number of ether oxygens (including phenoxy) is 2. The zero-order chi connectivity index (χ0) is 15.2. The fraction of sp³-hybridized carbons (Fsp3) is 0.588. The maximum atomic E-state index is 12.4. The van der Waals surface area contributed by atoms with E-state index in [2.05, 4.69) is 17.4 Å². The summed E-state index contributed by atoms with van der Waals surface area (Å²) in [4.78, 5) is 14.3. The van der Waals surface area contributed by atoms with Crippen molar-refractivity contribution in [1.82, 2.24) is 10.2 Å². The summed E-state index contributed by atoms with van der Waals surface area (Å²) in [6, 6.07) is 10.2. The molecule has 0 bridgehead atoms. The smallest absolute Gasteiger partial charge is 0.253 e. The van der Waals surface area contributed by atoms with E-state index in [4.69, 9.17) is 9.47 Å². The third-order valence-corrected chi connectivity index (χ3v) is 4.27. The molecule has 5 nitrogen and oxygen atoms in total. The maximum absolute atomic E-state index is 12.4. The molecule has 2 atom stereocenters. The minimum Gasteiger partial charge on any atom is -0.376 e. The highest BCUT2D eigenvalue weighted by atomic mass is 16.5. The van der Waals surface area contributed by atoms with Crippen molar-refractivity contribution in [2.45, 2.75) is 19.1 Å². The fourth-order valence-corrected chi connectivity index (χ4v) is 3.01. The van der Waals surface area contributed by atoms with Crippen LogP contribution in [-0.2, 0) is 20.9 Å². The van der Waals surface area contributed by atoms with E-state index >= 15 is 0 Å². The van der Waals surface area contributed by atoms with Crippen LogP contribution in [0.2, 0.25) is 0 Å². The van der Waals surface area contributed by atoms with Gasteiger partial charge in [0.2, 0.25) is 0 Å². The van der Waals surface area contributed by atoms with Gasteiger partial charge in [-0.15, -0.1) is 0 Å². The molecule has 1 aromatic rings. The van der Waals surface area contributed by atoms with Gasteiger partial charge in [0.25, 0.3) is 5.91 Å². The van der Waals surface area contributed by atoms with E-state index in [-0.39, 0.29) is 12.0 Å². The SMILES string of the molecule is O=C(C1CNCCO1)N1CCC(COCc2ccccc2)C1. The Morgan fingerprint density at radius 3 is 3.00 bits per heavy atom. The topological polar surface area (TPSA) is 50.8 Å². The van der Waals surface area contributed by atoms with Crippen LogP contribution in [0.5, 0.6) is 0 Å². The van der Waals surface area contributed by atoms with Gasteiger partial charge in [-0.2, -0.15) is 0 Å². The number of amides is 1. The van der Waals surface area contributed by atoms with Gasteiger partial charge in [-0.3, -0.25) is 4.79 Å². The molecule has 1 amide bonds. The second-order valence-corrected chi connectivity index (χ2v) is 6.00. The van der Waals surface area contributed by atoms with E-state index in [1.807, 2.05) is 23.1 Å². The molecule has 3 rings (SSSR count). The van der Waals surface area contributed by atoms with E-state index in [0.29, 0.717) is 32.3 Å². The Balaban J connectivity index is 1.39. The quantitative estimate of drug-likeness (QED) is 0.883. The summed E-state index contributed by atoms with van der Waals surface area (Å²) in [5, 5.41) is 3.21. The van der Waals surface area contributed by atoms with Gasteiger partial charge < -0.3 is 19.7 Å². The lowest BCUT2D eigenvalue weighted by Gasteiger charge is -2.27. The van der Waals surface area contributed by atoms with Crippen LogP contribution in [0.15, 0.2) is 30.3 Å². The number of carbonyl (C=O) groups is 1. The van der Waals surface area contributed by atoms with Crippen molar-refractivity contribution in [1.29, 1.82) is 0 Å². The Bertz CT molecular complexity index is 474. The summed E-state index contributed by atoms with van der Waals surface area (Å²) < 4.78 is 11.3. The summed E-state index contributed by atoms with van der Waals surface area (Å²) in [7, 11) is 0. The van der Waals surface area contributed by atoms with Crippen molar-refractivity contribution in [2.75, 3.05) is 39.4 Å². The van der Waals surface area contributed by atoms with Gasteiger partial charge in [-0.05, 0) is 12.0 Å². The molecular formula is C17H24N2O3. The zero-order valence-electron chi connectivity index (χ0n) is 12.9. The van der Waals surface area contributed by atoms with Crippen LogP contribution in [0.1, 0.15) is 12.0 Å². The van der Waals surface area contributed by atoms with E-state index in [0.717, 1.165) is 26.1 Å². The Hall–Kier alpha value is -1.43. The predicted molar refractivity (Wildman–Crippen MR) is 83.4 cm³/mol. The van der Waals surface area contributed by atoms with Gasteiger partial charge in [0, 0.05) is 32.1 Å².